The Morgan fingerprint density at radius 2 is 1.40 bits per heavy atom. The normalized spacial score (nSPS) is 15.9. The predicted molar refractivity (Wildman–Crippen MR) is 57.3 cm³/mol. The Labute approximate surface area is 91.1 Å². The molecule has 1 amide bonds. The molecule has 0 fully saturated rings. The summed E-state index contributed by atoms with van der Waals surface area (Å²) < 4.78 is 0. The first kappa shape index (κ1) is 14.3. The van der Waals surface area contributed by atoms with Crippen LogP contribution in [0.4, 0.5) is 0 Å². The minimum absolute atomic E-state index is 0.0785. The van der Waals surface area contributed by atoms with E-state index in [0.717, 1.165) is 0 Å². The van der Waals surface area contributed by atoms with Crippen LogP contribution in [0.25, 0.3) is 0 Å². The summed E-state index contributed by atoms with van der Waals surface area (Å²) in [6.07, 6.45) is -1.79. The van der Waals surface area contributed by atoms with Crippen LogP contribution in [0.2, 0.25) is 0 Å². The molecule has 5 nitrogen and oxygen atoms in total. The molecule has 15 heavy (non-hydrogen) atoms. The van der Waals surface area contributed by atoms with Crippen LogP contribution in [-0.2, 0) is 4.79 Å². The lowest BCUT2D eigenvalue weighted by Gasteiger charge is -2.35. The van der Waals surface area contributed by atoms with Gasteiger partial charge < -0.3 is 10.2 Å². The zero-order valence-electron chi connectivity index (χ0n) is 10.1. The van der Waals surface area contributed by atoms with Crippen LogP contribution in [-0.4, -0.2) is 33.6 Å². The Bertz CT molecular complexity index is 193. The van der Waals surface area contributed by atoms with E-state index in [1.165, 1.54) is 11.9 Å². The minimum Gasteiger partial charge on any atom is -0.376 e. The summed E-state index contributed by atoms with van der Waals surface area (Å²) in [4.78, 5) is 10.9. The zero-order chi connectivity index (χ0) is 12.2. The van der Waals surface area contributed by atoms with Crippen molar-refractivity contribution in [2.45, 2.75) is 47.1 Å². The number of carbonyl (C=O) groups is 1. The van der Waals surface area contributed by atoms with Gasteiger partial charge in [-0.05, 0) is 11.8 Å². The maximum Gasteiger partial charge on any atom is 0.231 e. The largest absolute Gasteiger partial charge is 0.376 e. The highest BCUT2D eigenvalue weighted by Gasteiger charge is 2.28. The fraction of sp³-hybridized carbons (Fsp3) is 0.900. The molecule has 2 unspecified atom stereocenters. The monoisotopic (exact) mass is 218 g/mol. The van der Waals surface area contributed by atoms with Crippen LogP contribution in [0.15, 0.2) is 0 Å². The quantitative estimate of drug-likeness (QED) is 0.458. The summed E-state index contributed by atoms with van der Waals surface area (Å²) in [7, 11) is 0. The second-order valence-electron chi connectivity index (χ2n) is 4.39. The molecule has 0 aliphatic carbocycles. The van der Waals surface area contributed by atoms with Crippen LogP contribution >= 0.6 is 0 Å². The van der Waals surface area contributed by atoms with E-state index in [4.69, 9.17) is 0 Å². The second-order valence-corrected chi connectivity index (χ2v) is 4.39. The van der Waals surface area contributed by atoms with Gasteiger partial charge in [0, 0.05) is 6.92 Å². The third-order valence-electron chi connectivity index (χ3n) is 2.05. The standard InChI is InChI=1S/C10H22N2O3/c1-6(2)9(14)12(11-8(5)13)10(15)7(3)4/h6-7,9-10,14-15H,1-5H3,(H,11,13). The smallest absolute Gasteiger partial charge is 0.231 e. The Morgan fingerprint density at radius 3 is 1.60 bits per heavy atom. The molecule has 0 aliphatic rings. The molecule has 0 saturated heterocycles. The first-order valence-electron chi connectivity index (χ1n) is 5.19. The average molecular weight is 218 g/mol. The molecule has 0 heterocycles. The van der Waals surface area contributed by atoms with E-state index < -0.39 is 12.5 Å². The molecule has 0 aromatic rings. The molecule has 0 bridgehead atoms. The van der Waals surface area contributed by atoms with Crippen molar-refractivity contribution in [3.05, 3.63) is 0 Å². The summed E-state index contributed by atoms with van der Waals surface area (Å²) in [5.74, 6) is -0.468. The van der Waals surface area contributed by atoms with E-state index in [0.29, 0.717) is 0 Å². The number of amides is 1. The third-order valence-corrected chi connectivity index (χ3v) is 2.05. The summed E-state index contributed by atoms with van der Waals surface area (Å²) >= 11 is 0. The molecule has 0 aromatic carbocycles. The van der Waals surface area contributed by atoms with Crippen molar-refractivity contribution in [3.63, 3.8) is 0 Å². The van der Waals surface area contributed by atoms with Crippen molar-refractivity contribution in [1.29, 1.82) is 0 Å². The predicted octanol–water partition coefficient (Wildman–Crippen LogP) is 0.288. The number of aliphatic hydroxyl groups is 2. The maximum atomic E-state index is 10.9. The van der Waals surface area contributed by atoms with Crippen LogP contribution in [0.1, 0.15) is 34.6 Å². The van der Waals surface area contributed by atoms with Crippen molar-refractivity contribution >= 4 is 5.91 Å². The van der Waals surface area contributed by atoms with E-state index in [-0.39, 0.29) is 17.7 Å². The van der Waals surface area contributed by atoms with Crippen LogP contribution in [0, 0.1) is 11.8 Å². The first-order chi connectivity index (χ1) is 6.77. The second kappa shape index (κ2) is 6.05. The van der Waals surface area contributed by atoms with Gasteiger partial charge in [-0.15, -0.1) is 0 Å². The summed E-state index contributed by atoms with van der Waals surface area (Å²) in [6.45, 7) is 8.59. The number of hydrogen-bond donors (Lipinski definition) is 3. The Kier molecular flexibility index (Phi) is 5.79. The Hall–Kier alpha value is -0.650. The van der Waals surface area contributed by atoms with Crippen LogP contribution in [0.5, 0.6) is 0 Å². The number of nitrogens with one attached hydrogen (secondary N) is 1. The number of hydrogen-bond acceptors (Lipinski definition) is 4. The van der Waals surface area contributed by atoms with E-state index in [2.05, 4.69) is 5.43 Å². The summed E-state index contributed by atoms with van der Waals surface area (Å²) in [5, 5.41) is 20.8. The van der Waals surface area contributed by atoms with Gasteiger partial charge in [0.05, 0.1) is 0 Å². The van der Waals surface area contributed by atoms with Crippen molar-refractivity contribution in [1.82, 2.24) is 10.4 Å². The highest BCUT2D eigenvalue weighted by molar-refractivity contribution is 5.72. The molecule has 0 saturated carbocycles. The summed E-state index contributed by atoms with van der Waals surface area (Å²) in [5.41, 5.74) is 2.44. The zero-order valence-corrected chi connectivity index (χ0v) is 10.1. The minimum atomic E-state index is -0.897. The molecular weight excluding hydrogens is 196 g/mol. The Morgan fingerprint density at radius 1 is 1.07 bits per heavy atom. The maximum absolute atomic E-state index is 10.9. The van der Waals surface area contributed by atoms with Gasteiger partial charge in [-0.3, -0.25) is 10.2 Å². The van der Waals surface area contributed by atoms with E-state index >= 15 is 0 Å². The number of rotatable bonds is 5. The first-order valence-corrected chi connectivity index (χ1v) is 5.19. The van der Waals surface area contributed by atoms with Crippen LogP contribution < -0.4 is 5.43 Å². The van der Waals surface area contributed by atoms with E-state index in [1.807, 2.05) is 27.7 Å². The average Bonchev–Trinajstić information content (AvgIpc) is 2.11. The molecule has 90 valence electrons. The molecule has 0 spiro atoms. The van der Waals surface area contributed by atoms with Gasteiger partial charge in [0.15, 0.2) is 0 Å². The topological polar surface area (TPSA) is 72.8 Å². The van der Waals surface area contributed by atoms with Gasteiger partial charge in [0.1, 0.15) is 12.5 Å². The molecular formula is C10H22N2O3. The molecule has 0 aromatic heterocycles. The Balaban J connectivity index is 4.63. The third kappa shape index (κ3) is 4.59. The molecule has 0 rings (SSSR count). The van der Waals surface area contributed by atoms with Gasteiger partial charge >= 0.3 is 0 Å². The number of nitrogens with zero attached hydrogens (tertiary/aromatic N) is 1. The lowest BCUT2D eigenvalue weighted by molar-refractivity contribution is -0.173. The van der Waals surface area contributed by atoms with Crippen molar-refractivity contribution < 1.29 is 15.0 Å². The molecule has 3 N–H and O–H groups in total. The lowest BCUT2D eigenvalue weighted by Crippen LogP contribution is -2.56. The highest BCUT2D eigenvalue weighted by atomic mass is 16.3. The van der Waals surface area contributed by atoms with E-state index in [1.54, 1.807) is 0 Å². The SMILES string of the molecule is CC(=O)NN(C(O)C(C)C)C(O)C(C)C. The number of aliphatic hydroxyl groups excluding tert-OH is 2. The fourth-order valence-corrected chi connectivity index (χ4v) is 1.11. The van der Waals surface area contributed by atoms with Gasteiger partial charge in [-0.2, -0.15) is 5.01 Å². The van der Waals surface area contributed by atoms with Crippen molar-refractivity contribution in [2.75, 3.05) is 0 Å². The fourth-order valence-electron chi connectivity index (χ4n) is 1.11. The molecule has 2 atom stereocenters. The summed E-state index contributed by atoms with van der Waals surface area (Å²) in [6, 6.07) is 0. The molecule has 5 heteroatoms. The highest BCUT2D eigenvalue weighted by Crippen LogP contribution is 2.13. The van der Waals surface area contributed by atoms with Gasteiger partial charge in [-0.25, -0.2) is 0 Å². The van der Waals surface area contributed by atoms with E-state index in [9.17, 15) is 15.0 Å². The van der Waals surface area contributed by atoms with Gasteiger partial charge in [0.25, 0.3) is 0 Å². The number of hydrazine groups is 1. The molecule has 0 aliphatic heterocycles. The molecule has 0 radical (unpaired) electrons. The lowest BCUT2D eigenvalue weighted by atomic mass is 10.1. The van der Waals surface area contributed by atoms with Gasteiger partial charge in [-0.1, -0.05) is 27.7 Å². The van der Waals surface area contributed by atoms with Crippen LogP contribution in [0.3, 0.4) is 0 Å². The number of carbonyl (C=O) groups excluding carboxylic acids is 1. The van der Waals surface area contributed by atoms with Crippen molar-refractivity contribution in [2.24, 2.45) is 11.8 Å². The van der Waals surface area contributed by atoms with Gasteiger partial charge in [0.2, 0.25) is 5.91 Å². The van der Waals surface area contributed by atoms with Crippen molar-refractivity contribution in [3.8, 4) is 0 Å².